The summed E-state index contributed by atoms with van der Waals surface area (Å²) in [7, 11) is 0. The minimum Gasteiger partial charge on any atom is -0.285 e. The molecule has 3 rings (SSSR count). The molecular weight excluding hydrogens is 306 g/mol. The van der Waals surface area contributed by atoms with Gasteiger partial charge in [-0.05, 0) is 34.5 Å². The average molecular weight is 316 g/mol. The van der Waals surface area contributed by atoms with Gasteiger partial charge in [-0.1, -0.05) is 24.3 Å². The van der Waals surface area contributed by atoms with E-state index in [-0.39, 0.29) is 5.78 Å². The maximum absolute atomic E-state index is 12.6. The number of carbonyl (C=O) groups is 1. The van der Waals surface area contributed by atoms with E-state index >= 15 is 0 Å². The van der Waals surface area contributed by atoms with Crippen LogP contribution in [0.25, 0.3) is 5.65 Å². The van der Waals surface area contributed by atoms with Crippen molar-refractivity contribution in [2.24, 2.45) is 0 Å². The molecule has 0 fully saturated rings. The summed E-state index contributed by atoms with van der Waals surface area (Å²) in [4.78, 5) is 21.0. The van der Waals surface area contributed by atoms with Gasteiger partial charge in [0.15, 0.2) is 16.1 Å². The summed E-state index contributed by atoms with van der Waals surface area (Å²) >= 11 is 3.33. The summed E-state index contributed by atoms with van der Waals surface area (Å²) in [5.41, 5.74) is 2.23. The first kappa shape index (κ1) is 12.0. The van der Waals surface area contributed by atoms with Crippen LogP contribution < -0.4 is 0 Å². The van der Waals surface area contributed by atoms with E-state index in [1.165, 1.54) is 0 Å². The first-order chi connectivity index (χ1) is 9.18. The van der Waals surface area contributed by atoms with Crippen LogP contribution in [0.1, 0.15) is 21.7 Å². The summed E-state index contributed by atoms with van der Waals surface area (Å²) in [6.45, 7) is 1.91. The second-order valence-corrected chi connectivity index (χ2v) is 4.93. The third-order valence-corrected chi connectivity index (χ3v) is 3.49. The van der Waals surface area contributed by atoms with Crippen molar-refractivity contribution in [2.75, 3.05) is 0 Å². The highest BCUT2D eigenvalue weighted by Crippen LogP contribution is 2.19. The van der Waals surface area contributed by atoms with Crippen LogP contribution in [0.4, 0.5) is 0 Å². The molecule has 2 aromatic heterocycles. The zero-order valence-electron chi connectivity index (χ0n) is 10.2. The minimum absolute atomic E-state index is 0.105. The number of carbonyl (C=O) groups excluding carboxylic acids is 1. The zero-order valence-corrected chi connectivity index (χ0v) is 11.8. The Morgan fingerprint density at radius 3 is 2.84 bits per heavy atom. The lowest BCUT2D eigenvalue weighted by Crippen LogP contribution is -2.08. The van der Waals surface area contributed by atoms with Gasteiger partial charge < -0.3 is 0 Å². The molecule has 0 amide bonds. The monoisotopic (exact) mass is 315 g/mol. The largest absolute Gasteiger partial charge is 0.285 e. The van der Waals surface area contributed by atoms with Crippen molar-refractivity contribution >= 4 is 27.4 Å². The highest BCUT2D eigenvalue weighted by molar-refractivity contribution is 9.10. The van der Waals surface area contributed by atoms with Crippen molar-refractivity contribution in [3.8, 4) is 0 Å². The van der Waals surface area contributed by atoms with Gasteiger partial charge in [-0.3, -0.25) is 9.20 Å². The number of imidazole rings is 1. The van der Waals surface area contributed by atoms with Crippen LogP contribution in [0.15, 0.2) is 47.3 Å². The molecule has 0 saturated heterocycles. The highest BCUT2D eigenvalue weighted by atomic mass is 79.9. The minimum atomic E-state index is -0.105. The Balaban J connectivity index is 2.20. The molecule has 0 atom stereocenters. The number of aromatic nitrogens is 3. The standard InChI is InChI=1S/C14H10BrN3O/c1-9-5-2-3-6-10(9)11(19)13-17-12(15)14-16-7-4-8-18(13)14/h2-8H,1H3. The van der Waals surface area contributed by atoms with Crippen molar-refractivity contribution in [3.05, 3.63) is 64.3 Å². The van der Waals surface area contributed by atoms with Crippen LogP contribution in [-0.2, 0) is 0 Å². The number of ketones is 1. The van der Waals surface area contributed by atoms with E-state index in [4.69, 9.17) is 0 Å². The fourth-order valence-electron chi connectivity index (χ4n) is 2.00. The summed E-state index contributed by atoms with van der Waals surface area (Å²) in [5, 5.41) is 0. The van der Waals surface area contributed by atoms with Crippen molar-refractivity contribution in [1.29, 1.82) is 0 Å². The van der Waals surface area contributed by atoms with Gasteiger partial charge in [0.1, 0.15) is 0 Å². The molecule has 94 valence electrons. The molecule has 0 aliphatic rings. The molecule has 0 bridgehead atoms. The Morgan fingerprint density at radius 1 is 1.26 bits per heavy atom. The number of rotatable bonds is 2. The topological polar surface area (TPSA) is 47.3 Å². The van der Waals surface area contributed by atoms with Gasteiger partial charge in [0.25, 0.3) is 0 Å². The second kappa shape index (κ2) is 4.59. The van der Waals surface area contributed by atoms with E-state index in [1.54, 1.807) is 22.9 Å². The Morgan fingerprint density at radius 2 is 2.05 bits per heavy atom. The van der Waals surface area contributed by atoms with Gasteiger partial charge >= 0.3 is 0 Å². The van der Waals surface area contributed by atoms with Crippen LogP contribution >= 0.6 is 15.9 Å². The van der Waals surface area contributed by atoms with Crippen molar-refractivity contribution in [1.82, 2.24) is 14.4 Å². The van der Waals surface area contributed by atoms with Crippen LogP contribution in [0.5, 0.6) is 0 Å². The van der Waals surface area contributed by atoms with E-state index in [0.717, 1.165) is 5.56 Å². The Bertz CT molecular complexity index is 779. The summed E-state index contributed by atoms with van der Waals surface area (Å²) < 4.78 is 2.27. The second-order valence-electron chi connectivity index (χ2n) is 4.18. The molecule has 4 nitrogen and oxygen atoms in total. The quantitative estimate of drug-likeness (QED) is 0.683. The van der Waals surface area contributed by atoms with E-state index in [0.29, 0.717) is 21.6 Å². The summed E-state index contributed by atoms with van der Waals surface area (Å²) in [6, 6.07) is 9.26. The first-order valence-electron chi connectivity index (χ1n) is 5.77. The number of hydrogen-bond acceptors (Lipinski definition) is 3. The smallest absolute Gasteiger partial charge is 0.229 e. The van der Waals surface area contributed by atoms with E-state index in [2.05, 4.69) is 25.9 Å². The fourth-order valence-corrected chi connectivity index (χ4v) is 2.46. The summed E-state index contributed by atoms with van der Waals surface area (Å²) in [6.07, 6.45) is 3.45. The lowest BCUT2D eigenvalue weighted by molar-refractivity contribution is 0.102. The molecule has 0 saturated carbocycles. The molecule has 3 aromatic rings. The van der Waals surface area contributed by atoms with Gasteiger partial charge in [-0.25, -0.2) is 9.97 Å². The van der Waals surface area contributed by atoms with E-state index in [9.17, 15) is 4.79 Å². The Kier molecular flexibility index (Phi) is 2.91. The fraction of sp³-hybridized carbons (Fsp3) is 0.0714. The predicted octanol–water partition coefficient (Wildman–Crippen LogP) is 3.03. The number of benzene rings is 1. The third-order valence-electron chi connectivity index (χ3n) is 2.96. The average Bonchev–Trinajstić information content (AvgIpc) is 2.77. The molecule has 0 N–H and O–H groups in total. The first-order valence-corrected chi connectivity index (χ1v) is 6.56. The summed E-state index contributed by atoms with van der Waals surface area (Å²) in [5.74, 6) is 0.260. The third kappa shape index (κ3) is 1.96. The SMILES string of the molecule is Cc1ccccc1C(=O)c1nc(Br)c2ncccn12. The highest BCUT2D eigenvalue weighted by Gasteiger charge is 2.19. The van der Waals surface area contributed by atoms with Crippen LogP contribution in [-0.4, -0.2) is 20.2 Å². The van der Waals surface area contributed by atoms with Gasteiger partial charge in [0.05, 0.1) is 0 Å². The molecule has 0 radical (unpaired) electrons. The molecule has 0 aliphatic heterocycles. The normalized spacial score (nSPS) is 10.8. The molecule has 2 heterocycles. The molecule has 1 aromatic carbocycles. The maximum Gasteiger partial charge on any atom is 0.229 e. The molecule has 5 heteroatoms. The predicted molar refractivity (Wildman–Crippen MR) is 75.3 cm³/mol. The van der Waals surface area contributed by atoms with Crippen LogP contribution in [0.3, 0.4) is 0 Å². The van der Waals surface area contributed by atoms with Crippen molar-refractivity contribution < 1.29 is 4.79 Å². The zero-order chi connectivity index (χ0) is 13.4. The number of hydrogen-bond donors (Lipinski definition) is 0. The maximum atomic E-state index is 12.6. The lowest BCUT2D eigenvalue weighted by Gasteiger charge is -2.03. The van der Waals surface area contributed by atoms with Crippen LogP contribution in [0, 0.1) is 6.92 Å². The molecular formula is C14H10BrN3O. The molecule has 0 spiro atoms. The van der Waals surface area contributed by atoms with Gasteiger partial charge in [-0.2, -0.15) is 0 Å². The van der Waals surface area contributed by atoms with Gasteiger partial charge in [0, 0.05) is 18.0 Å². The number of halogens is 1. The van der Waals surface area contributed by atoms with Crippen molar-refractivity contribution in [2.45, 2.75) is 6.92 Å². The number of nitrogens with zero attached hydrogens (tertiary/aromatic N) is 3. The van der Waals surface area contributed by atoms with E-state index in [1.807, 2.05) is 31.2 Å². The van der Waals surface area contributed by atoms with Crippen LogP contribution in [0.2, 0.25) is 0 Å². The van der Waals surface area contributed by atoms with Gasteiger partial charge in [-0.15, -0.1) is 0 Å². The molecule has 19 heavy (non-hydrogen) atoms. The Hall–Kier alpha value is -2.01. The number of fused-ring (bicyclic) bond motifs is 1. The van der Waals surface area contributed by atoms with Crippen molar-refractivity contribution in [3.63, 3.8) is 0 Å². The van der Waals surface area contributed by atoms with E-state index < -0.39 is 0 Å². The molecule has 0 aliphatic carbocycles. The van der Waals surface area contributed by atoms with Gasteiger partial charge in [0.2, 0.25) is 5.78 Å². The molecule has 0 unspecified atom stereocenters. The Labute approximate surface area is 118 Å². The lowest BCUT2D eigenvalue weighted by atomic mass is 10.0. The number of aryl methyl sites for hydroxylation is 1.